The van der Waals surface area contributed by atoms with Gasteiger partial charge in [-0.2, -0.15) is 0 Å². The highest BCUT2D eigenvalue weighted by Gasteiger charge is 2.33. The quantitative estimate of drug-likeness (QED) is 0.0588. The van der Waals surface area contributed by atoms with Crippen molar-refractivity contribution in [1.29, 1.82) is 0 Å². The molecule has 3 aromatic rings. The van der Waals surface area contributed by atoms with E-state index < -0.39 is 17.9 Å². The molecule has 2 aliphatic carbocycles. The Morgan fingerprint density at radius 2 is 1.21 bits per heavy atom. The molecule has 298 valence electrons. The molecule has 9 nitrogen and oxygen atoms in total. The molecule has 0 amide bonds. The van der Waals surface area contributed by atoms with Crippen LogP contribution in [0.25, 0.3) is 22.3 Å². The van der Waals surface area contributed by atoms with Crippen LogP contribution in [0.5, 0.6) is 5.75 Å². The van der Waals surface area contributed by atoms with Crippen LogP contribution in [-0.2, 0) is 39.8 Å². The molecule has 2 saturated carbocycles. The van der Waals surface area contributed by atoms with E-state index in [1.807, 2.05) is 12.1 Å². The predicted molar refractivity (Wildman–Crippen MR) is 217 cm³/mol. The Morgan fingerprint density at radius 3 is 1.80 bits per heavy atom. The molecule has 0 aromatic heterocycles. The summed E-state index contributed by atoms with van der Waals surface area (Å²) < 4.78 is 26.7. The van der Waals surface area contributed by atoms with E-state index in [0.29, 0.717) is 42.1 Å². The lowest BCUT2D eigenvalue weighted by Crippen LogP contribution is -2.30. The summed E-state index contributed by atoms with van der Waals surface area (Å²) in [7, 11) is 3.04. The molecule has 0 spiro atoms. The second kappa shape index (κ2) is 20.9. The van der Waals surface area contributed by atoms with Gasteiger partial charge in [0.05, 0.1) is 43.1 Å². The maximum absolute atomic E-state index is 12.8. The zero-order valence-electron chi connectivity index (χ0n) is 32.9. The number of esters is 3. The van der Waals surface area contributed by atoms with Crippen LogP contribution in [0.1, 0.15) is 74.8 Å². The van der Waals surface area contributed by atoms with Crippen LogP contribution >= 0.6 is 0 Å². The average molecular weight is 765 g/mol. The topological polar surface area (TPSA) is 118 Å². The van der Waals surface area contributed by atoms with Gasteiger partial charge >= 0.3 is 17.9 Å². The van der Waals surface area contributed by atoms with Gasteiger partial charge in [-0.1, -0.05) is 74.3 Å². The lowest BCUT2D eigenvalue weighted by molar-refractivity contribution is -0.147. The molecular formula is C47H56O9. The SMILES string of the molecule is C=C(COC)C(=O)OCCCc1ccc(-c2ccc(-c3ccc(OC(=O)C(=C)COC)cc3C3CCC(C4CCC(OC(=O)C(=C)CO)CC4)CC3)cc2)cc1. The normalized spacial score (nSPS) is 19.4. The number of aryl methyl sites for hydroxylation is 1. The molecule has 3 aromatic carbocycles. The number of carbonyl (C=O) groups is 3. The van der Waals surface area contributed by atoms with E-state index in [-0.39, 0.29) is 37.1 Å². The third-order valence-electron chi connectivity index (χ3n) is 11.1. The van der Waals surface area contributed by atoms with E-state index in [4.69, 9.17) is 23.7 Å². The zero-order chi connectivity index (χ0) is 40.0. The fourth-order valence-electron chi connectivity index (χ4n) is 7.98. The highest BCUT2D eigenvalue weighted by molar-refractivity contribution is 5.90. The third-order valence-corrected chi connectivity index (χ3v) is 11.1. The standard InChI is InChI=1S/C47H56O9/c1-31(28-48)46(50)55-41-22-20-38(21-23-41)37-14-18-40(19-15-37)44-27-42(56-47(51)33(3)30-53-5)24-25-43(44)39-16-12-36(13-17-39)35-10-8-34(9-11-35)7-6-26-54-45(49)32(2)29-52-4/h8-13,16-17,24-25,27,37-38,40-41,48H,1-3,6-7,14-15,18-23,26,28-30H2,4-5H3. The van der Waals surface area contributed by atoms with Crippen molar-refractivity contribution in [3.05, 3.63) is 114 Å². The molecule has 1 N–H and O–H groups in total. The Labute approximate surface area is 331 Å². The van der Waals surface area contributed by atoms with E-state index in [1.54, 1.807) is 0 Å². The maximum atomic E-state index is 12.8. The number of hydrogen-bond acceptors (Lipinski definition) is 9. The molecule has 9 heteroatoms. The molecule has 56 heavy (non-hydrogen) atoms. The number of rotatable bonds is 18. The maximum Gasteiger partial charge on any atom is 0.341 e. The van der Waals surface area contributed by atoms with Gasteiger partial charge in [0.2, 0.25) is 0 Å². The van der Waals surface area contributed by atoms with Gasteiger partial charge in [0.25, 0.3) is 0 Å². The Hall–Kier alpha value is -4.83. The minimum Gasteiger partial charge on any atom is -0.462 e. The third kappa shape index (κ3) is 11.6. The number of benzene rings is 3. The average Bonchev–Trinajstić information content (AvgIpc) is 3.22. The summed E-state index contributed by atoms with van der Waals surface area (Å²) in [4.78, 5) is 36.8. The summed E-state index contributed by atoms with van der Waals surface area (Å²) in [6, 6.07) is 23.0. The van der Waals surface area contributed by atoms with Crippen molar-refractivity contribution in [3.8, 4) is 28.0 Å². The first-order valence-electron chi connectivity index (χ1n) is 19.7. The molecule has 5 rings (SSSR count). The Morgan fingerprint density at radius 1 is 0.661 bits per heavy atom. The number of carbonyl (C=O) groups excluding carboxylic acids is 3. The lowest BCUT2D eigenvalue weighted by Gasteiger charge is -2.38. The minimum absolute atomic E-state index is 0.0992. The van der Waals surface area contributed by atoms with Crippen LogP contribution in [0.4, 0.5) is 0 Å². The summed E-state index contributed by atoms with van der Waals surface area (Å²) in [5, 5.41) is 9.20. The van der Waals surface area contributed by atoms with Gasteiger partial charge in [-0.3, -0.25) is 0 Å². The molecule has 0 bridgehead atoms. The van der Waals surface area contributed by atoms with Gasteiger partial charge in [-0.25, -0.2) is 14.4 Å². The highest BCUT2D eigenvalue weighted by Crippen LogP contribution is 2.46. The van der Waals surface area contributed by atoms with Gasteiger partial charge in [0.1, 0.15) is 11.9 Å². The minimum atomic E-state index is -0.501. The molecule has 2 fully saturated rings. The summed E-state index contributed by atoms with van der Waals surface area (Å²) in [6.07, 6.45) is 9.42. The van der Waals surface area contributed by atoms with Crippen molar-refractivity contribution in [2.24, 2.45) is 11.8 Å². The van der Waals surface area contributed by atoms with Crippen LogP contribution in [0, 0.1) is 11.8 Å². The van der Waals surface area contributed by atoms with Crippen molar-refractivity contribution in [3.63, 3.8) is 0 Å². The van der Waals surface area contributed by atoms with Crippen molar-refractivity contribution in [2.45, 2.75) is 76.2 Å². The van der Waals surface area contributed by atoms with Crippen LogP contribution in [-0.4, -0.2) is 69.8 Å². The van der Waals surface area contributed by atoms with Crippen molar-refractivity contribution >= 4 is 17.9 Å². The summed E-state index contributed by atoms with van der Waals surface area (Å²) >= 11 is 0. The van der Waals surface area contributed by atoms with E-state index >= 15 is 0 Å². The Bertz CT molecular complexity index is 1830. The van der Waals surface area contributed by atoms with Gasteiger partial charge < -0.3 is 28.8 Å². The monoisotopic (exact) mass is 764 g/mol. The number of methoxy groups -OCH3 is 2. The lowest BCUT2D eigenvalue weighted by atomic mass is 9.69. The number of aliphatic hydroxyl groups excluding tert-OH is 1. The van der Waals surface area contributed by atoms with Crippen LogP contribution in [0.2, 0.25) is 0 Å². The smallest absolute Gasteiger partial charge is 0.341 e. The van der Waals surface area contributed by atoms with E-state index in [9.17, 15) is 19.5 Å². The van der Waals surface area contributed by atoms with Crippen LogP contribution in [0.3, 0.4) is 0 Å². The van der Waals surface area contributed by atoms with Crippen molar-refractivity contribution in [2.75, 3.05) is 40.6 Å². The molecule has 0 unspecified atom stereocenters. The number of ether oxygens (including phenoxy) is 5. The van der Waals surface area contributed by atoms with Gasteiger partial charge in [-0.15, -0.1) is 0 Å². The second-order valence-corrected chi connectivity index (χ2v) is 15.0. The van der Waals surface area contributed by atoms with Crippen molar-refractivity contribution in [1.82, 2.24) is 0 Å². The highest BCUT2D eigenvalue weighted by atomic mass is 16.5. The summed E-state index contributed by atoms with van der Waals surface area (Å²) in [6.45, 7) is 11.3. The van der Waals surface area contributed by atoms with Gasteiger partial charge in [0.15, 0.2) is 0 Å². The summed E-state index contributed by atoms with van der Waals surface area (Å²) in [5.74, 6) is 0.604. The fraction of sp³-hybridized carbons (Fsp3) is 0.426. The first kappa shape index (κ1) is 42.3. The van der Waals surface area contributed by atoms with Crippen molar-refractivity contribution < 1.29 is 43.2 Å². The second-order valence-electron chi connectivity index (χ2n) is 15.0. The van der Waals surface area contributed by atoms with E-state index in [0.717, 1.165) is 80.0 Å². The fourth-order valence-corrected chi connectivity index (χ4v) is 7.98. The first-order valence-corrected chi connectivity index (χ1v) is 19.7. The molecule has 0 radical (unpaired) electrons. The van der Waals surface area contributed by atoms with E-state index in [1.165, 1.54) is 25.3 Å². The van der Waals surface area contributed by atoms with Crippen LogP contribution < -0.4 is 4.74 Å². The molecule has 0 heterocycles. The number of hydrogen-bond donors (Lipinski definition) is 1. The van der Waals surface area contributed by atoms with Crippen LogP contribution in [0.15, 0.2) is 103 Å². The van der Waals surface area contributed by atoms with E-state index in [2.05, 4.69) is 74.3 Å². The van der Waals surface area contributed by atoms with Gasteiger partial charge in [-0.05, 0) is 127 Å². The molecule has 0 atom stereocenters. The largest absolute Gasteiger partial charge is 0.462 e. The molecule has 2 aliphatic rings. The molecular weight excluding hydrogens is 709 g/mol. The van der Waals surface area contributed by atoms with Gasteiger partial charge in [0, 0.05) is 14.2 Å². The predicted octanol–water partition coefficient (Wildman–Crippen LogP) is 8.73. The molecule has 0 saturated heterocycles. The summed E-state index contributed by atoms with van der Waals surface area (Å²) in [5.41, 5.74) is 7.47. The first-order chi connectivity index (χ1) is 27.1. The molecule has 0 aliphatic heterocycles. The zero-order valence-corrected chi connectivity index (χ0v) is 32.9. The Balaban J connectivity index is 1.24. The Kier molecular flexibility index (Phi) is 15.8. The number of aliphatic hydroxyl groups is 1.